The number of alkyl halides is 1. The van der Waals surface area contributed by atoms with Crippen molar-refractivity contribution in [2.45, 2.75) is 20.1 Å². The van der Waals surface area contributed by atoms with Crippen LogP contribution in [0.3, 0.4) is 0 Å². The zero-order valence-electron chi connectivity index (χ0n) is 10.3. The number of hydrogen-bond donors (Lipinski definition) is 1. The van der Waals surface area contributed by atoms with Gasteiger partial charge in [-0.2, -0.15) is 0 Å². The Kier molecular flexibility index (Phi) is 7.72. The van der Waals surface area contributed by atoms with E-state index in [0.717, 1.165) is 19.7 Å². The van der Waals surface area contributed by atoms with Crippen LogP contribution in [0.4, 0.5) is 0 Å². The fraction of sp³-hybridized carbons (Fsp3) is 0.429. The summed E-state index contributed by atoms with van der Waals surface area (Å²) in [6.07, 6.45) is 3.98. The van der Waals surface area contributed by atoms with E-state index in [9.17, 15) is 0 Å². The normalized spacial score (nSPS) is 11.2. The van der Waals surface area contributed by atoms with Crippen LogP contribution < -0.4 is 5.32 Å². The zero-order valence-corrected chi connectivity index (χ0v) is 11.0. The average Bonchev–Trinajstić information content (AvgIpc) is 2.37. The van der Waals surface area contributed by atoms with Crippen LogP contribution in [0, 0.1) is 0 Å². The summed E-state index contributed by atoms with van der Waals surface area (Å²) < 4.78 is 5.45. The number of halogens is 1. The SMILES string of the molecule is CCOCc1ccccc1CNC/C=C/CCl. The number of nitrogens with one attached hydrogen (secondary N) is 1. The summed E-state index contributed by atoms with van der Waals surface area (Å²) in [6, 6.07) is 8.35. The van der Waals surface area contributed by atoms with Crippen molar-refractivity contribution in [1.82, 2.24) is 5.32 Å². The van der Waals surface area contributed by atoms with Gasteiger partial charge in [0.05, 0.1) is 6.61 Å². The first-order chi connectivity index (χ1) is 8.38. The van der Waals surface area contributed by atoms with Crippen LogP contribution in [0.25, 0.3) is 0 Å². The average molecular weight is 254 g/mol. The largest absolute Gasteiger partial charge is 0.377 e. The summed E-state index contributed by atoms with van der Waals surface area (Å²) >= 11 is 5.55. The first-order valence-corrected chi connectivity index (χ1v) is 6.48. The molecule has 0 unspecified atom stereocenters. The zero-order chi connectivity index (χ0) is 12.3. The summed E-state index contributed by atoms with van der Waals surface area (Å²) in [5.41, 5.74) is 2.54. The fourth-order valence-electron chi connectivity index (χ4n) is 1.52. The number of ether oxygens (including phenoxy) is 1. The Morgan fingerprint density at radius 1 is 1.24 bits per heavy atom. The molecule has 0 atom stereocenters. The van der Waals surface area contributed by atoms with Gasteiger partial charge in [-0.05, 0) is 18.1 Å². The minimum Gasteiger partial charge on any atom is -0.377 e. The standard InChI is InChI=1S/C14H20ClNO/c1-2-17-12-14-8-4-3-7-13(14)11-16-10-6-5-9-15/h3-8,16H,2,9-12H2,1H3/b6-5+. The van der Waals surface area contributed by atoms with Gasteiger partial charge in [-0.15, -0.1) is 11.6 Å². The third-order valence-corrected chi connectivity index (χ3v) is 2.59. The molecule has 0 saturated carbocycles. The minimum atomic E-state index is 0.572. The van der Waals surface area contributed by atoms with E-state index in [2.05, 4.69) is 23.5 Å². The van der Waals surface area contributed by atoms with Crippen molar-refractivity contribution in [3.05, 3.63) is 47.5 Å². The Hall–Kier alpha value is -0.830. The Morgan fingerprint density at radius 2 is 2.00 bits per heavy atom. The second kappa shape index (κ2) is 9.23. The first kappa shape index (κ1) is 14.2. The van der Waals surface area contributed by atoms with Crippen molar-refractivity contribution in [2.75, 3.05) is 19.0 Å². The highest BCUT2D eigenvalue weighted by Gasteiger charge is 2.00. The van der Waals surface area contributed by atoms with E-state index in [1.165, 1.54) is 11.1 Å². The molecule has 0 spiro atoms. The molecular formula is C14H20ClNO. The monoisotopic (exact) mass is 253 g/mol. The molecule has 0 saturated heterocycles. The van der Waals surface area contributed by atoms with E-state index in [-0.39, 0.29) is 0 Å². The molecule has 2 nitrogen and oxygen atoms in total. The van der Waals surface area contributed by atoms with E-state index < -0.39 is 0 Å². The van der Waals surface area contributed by atoms with Crippen LogP contribution in [-0.4, -0.2) is 19.0 Å². The quantitative estimate of drug-likeness (QED) is 0.437. The van der Waals surface area contributed by atoms with E-state index in [1.54, 1.807) is 0 Å². The van der Waals surface area contributed by atoms with Gasteiger partial charge >= 0.3 is 0 Å². The predicted molar refractivity (Wildman–Crippen MR) is 73.3 cm³/mol. The lowest BCUT2D eigenvalue weighted by Gasteiger charge is -2.09. The van der Waals surface area contributed by atoms with Crippen LogP contribution >= 0.6 is 11.6 Å². The van der Waals surface area contributed by atoms with Gasteiger partial charge in [-0.3, -0.25) is 0 Å². The van der Waals surface area contributed by atoms with Crippen molar-refractivity contribution < 1.29 is 4.74 Å². The number of allylic oxidation sites excluding steroid dienone is 1. The molecule has 1 aromatic carbocycles. The molecule has 0 aromatic heterocycles. The minimum absolute atomic E-state index is 0.572. The lowest BCUT2D eigenvalue weighted by Crippen LogP contribution is -2.14. The van der Waals surface area contributed by atoms with Crippen LogP contribution in [-0.2, 0) is 17.9 Å². The summed E-state index contributed by atoms with van der Waals surface area (Å²) in [7, 11) is 0. The van der Waals surface area contributed by atoms with Crippen molar-refractivity contribution in [2.24, 2.45) is 0 Å². The third kappa shape index (κ3) is 5.87. The molecule has 0 aliphatic carbocycles. The molecule has 1 rings (SSSR count). The van der Waals surface area contributed by atoms with Crippen molar-refractivity contribution in [3.63, 3.8) is 0 Å². The highest BCUT2D eigenvalue weighted by Crippen LogP contribution is 2.09. The molecule has 0 aliphatic rings. The molecule has 1 aromatic rings. The van der Waals surface area contributed by atoms with Crippen LogP contribution in [0.15, 0.2) is 36.4 Å². The van der Waals surface area contributed by atoms with Crippen LogP contribution in [0.1, 0.15) is 18.1 Å². The van der Waals surface area contributed by atoms with Gasteiger partial charge in [-0.1, -0.05) is 36.4 Å². The molecule has 0 fully saturated rings. The maximum atomic E-state index is 5.55. The van der Waals surface area contributed by atoms with Gasteiger partial charge in [0.25, 0.3) is 0 Å². The van der Waals surface area contributed by atoms with Gasteiger partial charge in [0.15, 0.2) is 0 Å². The Labute approximate surface area is 109 Å². The fourth-order valence-corrected chi connectivity index (χ4v) is 1.65. The van der Waals surface area contributed by atoms with E-state index in [0.29, 0.717) is 12.5 Å². The summed E-state index contributed by atoms with van der Waals surface area (Å²) in [5.74, 6) is 0.572. The molecule has 0 aliphatic heterocycles. The van der Waals surface area contributed by atoms with Crippen LogP contribution in [0.5, 0.6) is 0 Å². The van der Waals surface area contributed by atoms with Crippen molar-refractivity contribution >= 4 is 11.6 Å². The highest BCUT2D eigenvalue weighted by atomic mass is 35.5. The lowest BCUT2D eigenvalue weighted by molar-refractivity contribution is 0.133. The van der Waals surface area contributed by atoms with Gasteiger partial charge < -0.3 is 10.1 Å². The van der Waals surface area contributed by atoms with Gasteiger partial charge in [0.2, 0.25) is 0 Å². The van der Waals surface area contributed by atoms with Crippen molar-refractivity contribution in [1.29, 1.82) is 0 Å². The second-order valence-electron chi connectivity index (χ2n) is 3.66. The van der Waals surface area contributed by atoms with E-state index in [1.807, 2.05) is 25.1 Å². The molecule has 3 heteroatoms. The van der Waals surface area contributed by atoms with Gasteiger partial charge in [-0.25, -0.2) is 0 Å². The smallest absolute Gasteiger partial charge is 0.0719 e. The molecule has 0 bridgehead atoms. The molecule has 0 amide bonds. The van der Waals surface area contributed by atoms with Crippen molar-refractivity contribution in [3.8, 4) is 0 Å². The lowest BCUT2D eigenvalue weighted by atomic mass is 10.1. The molecule has 94 valence electrons. The molecule has 0 radical (unpaired) electrons. The van der Waals surface area contributed by atoms with E-state index in [4.69, 9.17) is 16.3 Å². The maximum Gasteiger partial charge on any atom is 0.0719 e. The Morgan fingerprint density at radius 3 is 2.71 bits per heavy atom. The topological polar surface area (TPSA) is 21.3 Å². The number of rotatable bonds is 8. The Bertz CT molecular complexity index is 339. The summed E-state index contributed by atoms with van der Waals surface area (Å²) in [4.78, 5) is 0. The predicted octanol–water partition coefficient (Wildman–Crippen LogP) is 3.11. The van der Waals surface area contributed by atoms with Gasteiger partial charge in [0.1, 0.15) is 0 Å². The first-order valence-electron chi connectivity index (χ1n) is 5.94. The number of hydrogen-bond acceptors (Lipinski definition) is 2. The molecule has 0 heterocycles. The van der Waals surface area contributed by atoms with E-state index >= 15 is 0 Å². The Balaban J connectivity index is 2.43. The third-order valence-electron chi connectivity index (χ3n) is 2.41. The molecule has 1 N–H and O–H groups in total. The maximum absolute atomic E-state index is 5.55. The summed E-state index contributed by atoms with van der Waals surface area (Å²) in [5, 5.41) is 3.35. The molecule has 17 heavy (non-hydrogen) atoms. The number of benzene rings is 1. The van der Waals surface area contributed by atoms with Gasteiger partial charge in [0, 0.05) is 25.6 Å². The summed E-state index contributed by atoms with van der Waals surface area (Å²) in [6.45, 7) is 5.15. The van der Waals surface area contributed by atoms with Crippen LogP contribution in [0.2, 0.25) is 0 Å². The highest BCUT2D eigenvalue weighted by molar-refractivity contribution is 6.18. The molecular weight excluding hydrogens is 234 g/mol. The second-order valence-corrected chi connectivity index (χ2v) is 3.97.